The molecular formula is C15H19NO3. The number of hydrogen-bond acceptors (Lipinski definition) is 3. The average Bonchev–Trinajstić information content (AvgIpc) is 3.05. The predicted octanol–water partition coefficient (Wildman–Crippen LogP) is 1.63. The van der Waals surface area contributed by atoms with Crippen LogP contribution in [0.3, 0.4) is 0 Å². The van der Waals surface area contributed by atoms with Crippen LogP contribution in [0.2, 0.25) is 0 Å². The van der Waals surface area contributed by atoms with Crippen LogP contribution in [0.1, 0.15) is 30.0 Å². The second-order valence-electron chi connectivity index (χ2n) is 4.97. The third-order valence-electron chi connectivity index (χ3n) is 3.78. The van der Waals surface area contributed by atoms with Crippen molar-refractivity contribution >= 4 is 5.91 Å². The number of amides is 1. The first-order chi connectivity index (χ1) is 9.29. The molecule has 2 aliphatic heterocycles. The first kappa shape index (κ1) is 12.3. The van der Waals surface area contributed by atoms with Crippen LogP contribution < -0.4 is 14.8 Å². The molecule has 1 aromatic rings. The molecule has 3 rings (SSSR count). The number of fused-ring (bicyclic) bond motifs is 2. The van der Waals surface area contributed by atoms with Gasteiger partial charge in [0.15, 0.2) is 0 Å². The summed E-state index contributed by atoms with van der Waals surface area (Å²) in [5, 5.41) is 2.93. The minimum absolute atomic E-state index is 0.0985. The van der Waals surface area contributed by atoms with Crippen molar-refractivity contribution in [2.24, 2.45) is 0 Å². The molecule has 0 aromatic heterocycles. The maximum Gasteiger partial charge on any atom is 0.219 e. The van der Waals surface area contributed by atoms with Crippen molar-refractivity contribution in [3.63, 3.8) is 0 Å². The molecule has 0 atom stereocenters. The molecule has 19 heavy (non-hydrogen) atoms. The van der Waals surface area contributed by atoms with E-state index >= 15 is 0 Å². The van der Waals surface area contributed by atoms with Crippen LogP contribution >= 0.6 is 0 Å². The van der Waals surface area contributed by atoms with E-state index in [4.69, 9.17) is 9.47 Å². The lowest BCUT2D eigenvalue weighted by molar-refractivity contribution is -0.120. The largest absolute Gasteiger partial charge is 0.493 e. The van der Waals surface area contributed by atoms with Crippen LogP contribution in [0, 0.1) is 0 Å². The van der Waals surface area contributed by atoms with E-state index in [2.05, 4.69) is 11.4 Å². The highest BCUT2D eigenvalue weighted by atomic mass is 16.5. The van der Waals surface area contributed by atoms with E-state index < -0.39 is 0 Å². The van der Waals surface area contributed by atoms with Gasteiger partial charge >= 0.3 is 0 Å². The van der Waals surface area contributed by atoms with Crippen molar-refractivity contribution in [3.8, 4) is 11.5 Å². The van der Waals surface area contributed by atoms with Gasteiger partial charge in [0.1, 0.15) is 11.5 Å². The van der Waals surface area contributed by atoms with Crippen LogP contribution in [-0.2, 0) is 24.1 Å². The van der Waals surface area contributed by atoms with Gasteiger partial charge < -0.3 is 14.8 Å². The van der Waals surface area contributed by atoms with E-state index in [0.29, 0.717) is 13.0 Å². The Morgan fingerprint density at radius 1 is 1.32 bits per heavy atom. The summed E-state index contributed by atoms with van der Waals surface area (Å²) in [6, 6.07) is 2.12. The Morgan fingerprint density at radius 2 is 2.16 bits per heavy atom. The van der Waals surface area contributed by atoms with E-state index in [9.17, 15) is 4.79 Å². The van der Waals surface area contributed by atoms with Gasteiger partial charge in [-0.3, -0.25) is 4.79 Å². The zero-order valence-electron chi connectivity index (χ0n) is 11.3. The minimum atomic E-state index is 0.0985. The summed E-state index contributed by atoms with van der Waals surface area (Å²) in [4.78, 5) is 11.3. The normalized spacial score (nSPS) is 15.4. The fourth-order valence-corrected chi connectivity index (χ4v) is 2.80. The molecule has 0 unspecified atom stereocenters. The highest BCUT2D eigenvalue weighted by Gasteiger charge is 2.25. The van der Waals surface area contributed by atoms with E-state index in [1.807, 2.05) is 6.92 Å². The van der Waals surface area contributed by atoms with Gasteiger partial charge in [0, 0.05) is 42.5 Å². The Hall–Kier alpha value is -1.71. The summed E-state index contributed by atoms with van der Waals surface area (Å²) < 4.78 is 11.4. The third kappa shape index (κ3) is 2.27. The summed E-state index contributed by atoms with van der Waals surface area (Å²) in [6.07, 6.45) is 3.26. The second kappa shape index (κ2) is 5.11. The van der Waals surface area contributed by atoms with E-state index in [-0.39, 0.29) is 5.91 Å². The molecule has 4 nitrogen and oxygen atoms in total. The molecule has 2 heterocycles. The monoisotopic (exact) mass is 261 g/mol. The molecule has 0 aliphatic carbocycles. The van der Waals surface area contributed by atoms with Crippen molar-refractivity contribution in [3.05, 3.63) is 22.8 Å². The number of rotatable bonds is 4. The molecule has 0 bridgehead atoms. The predicted molar refractivity (Wildman–Crippen MR) is 71.8 cm³/mol. The molecule has 2 aliphatic rings. The van der Waals surface area contributed by atoms with Gasteiger partial charge in [-0.15, -0.1) is 0 Å². The van der Waals surface area contributed by atoms with E-state index in [1.54, 1.807) is 0 Å². The Morgan fingerprint density at radius 3 is 3.00 bits per heavy atom. The molecular weight excluding hydrogens is 242 g/mol. The number of nitrogens with one attached hydrogen (secondary N) is 1. The van der Waals surface area contributed by atoms with Crippen LogP contribution in [0.15, 0.2) is 6.07 Å². The molecule has 1 aromatic carbocycles. The zero-order valence-corrected chi connectivity index (χ0v) is 11.3. The van der Waals surface area contributed by atoms with Crippen LogP contribution in [0.4, 0.5) is 0 Å². The van der Waals surface area contributed by atoms with Crippen LogP contribution in [0.25, 0.3) is 0 Å². The highest BCUT2D eigenvalue weighted by molar-refractivity contribution is 5.75. The zero-order chi connectivity index (χ0) is 13.2. The smallest absolute Gasteiger partial charge is 0.219 e. The third-order valence-corrected chi connectivity index (χ3v) is 3.78. The lowest BCUT2D eigenvalue weighted by Gasteiger charge is -2.13. The fraction of sp³-hybridized carbons (Fsp3) is 0.533. The lowest BCUT2D eigenvalue weighted by atomic mass is 9.97. The van der Waals surface area contributed by atoms with Crippen molar-refractivity contribution in [1.82, 2.24) is 5.32 Å². The van der Waals surface area contributed by atoms with Gasteiger partial charge in [0.05, 0.1) is 13.2 Å². The first-order valence-electron chi connectivity index (χ1n) is 6.99. The average molecular weight is 261 g/mol. The Kier molecular flexibility index (Phi) is 3.32. The fourth-order valence-electron chi connectivity index (χ4n) is 2.80. The van der Waals surface area contributed by atoms with Gasteiger partial charge in [-0.1, -0.05) is 6.92 Å². The molecule has 4 heteroatoms. The van der Waals surface area contributed by atoms with Crippen LogP contribution in [0.5, 0.6) is 11.5 Å². The summed E-state index contributed by atoms with van der Waals surface area (Å²) >= 11 is 0. The highest BCUT2D eigenvalue weighted by Crippen LogP contribution is 2.40. The lowest BCUT2D eigenvalue weighted by Crippen LogP contribution is -2.24. The van der Waals surface area contributed by atoms with Gasteiger partial charge in [0.2, 0.25) is 5.91 Å². The standard InChI is InChI=1S/C15H19NO3/c1-2-14(17)16-6-3-12-11-5-8-18-13(11)9-10-4-7-19-15(10)12/h9H,2-8H2,1H3,(H,16,17). The topological polar surface area (TPSA) is 47.6 Å². The van der Waals surface area contributed by atoms with E-state index in [0.717, 1.165) is 44.0 Å². The Labute approximate surface area is 113 Å². The van der Waals surface area contributed by atoms with Crippen molar-refractivity contribution in [2.45, 2.75) is 32.6 Å². The van der Waals surface area contributed by atoms with Gasteiger partial charge in [0.25, 0.3) is 0 Å². The van der Waals surface area contributed by atoms with E-state index in [1.165, 1.54) is 16.7 Å². The Balaban J connectivity index is 1.82. The molecule has 102 valence electrons. The minimum Gasteiger partial charge on any atom is -0.493 e. The molecule has 0 saturated carbocycles. The molecule has 1 amide bonds. The van der Waals surface area contributed by atoms with Crippen LogP contribution in [-0.4, -0.2) is 25.7 Å². The van der Waals surface area contributed by atoms with Crippen molar-refractivity contribution < 1.29 is 14.3 Å². The van der Waals surface area contributed by atoms with Gasteiger partial charge in [-0.2, -0.15) is 0 Å². The molecule has 0 saturated heterocycles. The quantitative estimate of drug-likeness (QED) is 0.896. The number of carbonyl (C=O) groups is 1. The Bertz CT molecular complexity index is 478. The number of benzene rings is 1. The van der Waals surface area contributed by atoms with Gasteiger partial charge in [-0.05, 0) is 12.5 Å². The number of carbonyl (C=O) groups excluding carboxylic acids is 1. The van der Waals surface area contributed by atoms with Gasteiger partial charge in [-0.25, -0.2) is 0 Å². The SMILES string of the molecule is CCC(=O)NCCc1c2c(cc3c1OCC3)OCC2. The number of hydrogen-bond donors (Lipinski definition) is 1. The summed E-state index contributed by atoms with van der Waals surface area (Å²) in [5.74, 6) is 2.15. The van der Waals surface area contributed by atoms with Crippen molar-refractivity contribution in [2.75, 3.05) is 19.8 Å². The summed E-state index contributed by atoms with van der Waals surface area (Å²) in [7, 11) is 0. The van der Waals surface area contributed by atoms with Crippen molar-refractivity contribution in [1.29, 1.82) is 0 Å². The molecule has 0 spiro atoms. The molecule has 0 fully saturated rings. The second-order valence-corrected chi connectivity index (χ2v) is 4.97. The maximum atomic E-state index is 11.3. The number of ether oxygens (including phenoxy) is 2. The summed E-state index contributed by atoms with van der Waals surface area (Å²) in [6.45, 7) is 4.04. The molecule has 0 radical (unpaired) electrons. The first-order valence-corrected chi connectivity index (χ1v) is 6.99. The maximum absolute atomic E-state index is 11.3. The summed E-state index contributed by atoms with van der Waals surface area (Å²) in [5.41, 5.74) is 3.75. The molecule has 1 N–H and O–H groups in total.